The number of hydrogen-bond acceptors (Lipinski definition) is 5. The number of rotatable bonds is 7. The quantitative estimate of drug-likeness (QED) is 0.259. The van der Waals surface area contributed by atoms with Gasteiger partial charge in [-0.2, -0.15) is 0 Å². The summed E-state index contributed by atoms with van der Waals surface area (Å²) in [6.07, 6.45) is 1.70. The summed E-state index contributed by atoms with van der Waals surface area (Å²) in [6, 6.07) is 22.5. The summed E-state index contributed by atoms with van der Waals surface area (Å²) in [5.74, 6) is 1.92. The molecule has 0 aliphatic carbocycles. The normalized spacial score (nSPS) is 14.2. The first kappa shape index (κ1) is 23.5. The molecule has 0 N–H and O–H groups in total. The molecule has 0 bridgehead atoms. The van der Waals surface area contributed by atoms with E-state index in [9.17, 15) is 14.9 Å². The molecule has 0 spiro atoms. The van der Waals surface area contributed by atoms with E-state index < -0.39 is 4.92 Å². The number of amides is 1. The van der Waals surface area contributed by atoms with Gasteiger partial charge in [-0.25, -0.2) is 4.98 Å². The van der Waals surface area contributed by atoms with E-state index in [2.05, 4.69) is 10.6 Å². The smallest absolute Gasteiger partial charge is 0.273 e. The third-order valence-corrected chi connectivity index (χ3v) is 6.84. The fraction of sp³-hybridized carbons (Fsp3) is 0.286. The van der Waals surface area contributed by atoms with Crippen LogP contribution in [0.3, 0.4) is 0 Å². The predicted molar refractivity (Wildman–Crippen MR) is 137 cm³/mol. The van der Waals surface area contributed by atoms with Crippen molar-refractivity contribution in [2.24, 2.45) is 5.92 Å². The fourth-order valence-corrected chi connectivity index (χ4v) is 4.80. The van der Waals surface area contributed by atoms with Gasteiger partial charge in [0.1, 0.15) is 18.2 Å². The maximum absolute atomic E-state index is 13.0. The van der Waals surface area contributed by atoms with Crippen molar-refractivity contribution in [2.45, 2.75) is 32.9 Å². The van der Waals surface area contributed by atoms with Gasteiger partial charge in [0.2, 0.25) is 0 Å². The maximum Gasteiger partial charge on any atom is 0.273 e. The van der Waals surface area contributed by atoms with Crippen LogP contribution in [0.25, 0.3) is 11.0 Å². The molecule has 1 aromatic heterocycles. The number of para-hydroxylation sites is 3. The second-order valence-corrected chi connectivity index (χ2v) is 9.22. The first-order chi connectivity index (χ1) is 17.5. The molecule has 8 nitrogen and oxygen atoms in total. The Morgan fingerprint density at radius 2 is 1.78 bits per heavy atom. The van der Waals surface area contributed by atoms with Crippen molar-refractivity contribution >= 4 is 22.6 Å². The number of carbonyl (C=O) groups excluding carboxylic acids is 1. The van der Waals surface area contributed by atoms with Gasteiger partial charge in [0.25, 0.3) is 11.6 Å². The molecule has 1 aliphatic rings. The number of fused-ring (bicyclic) bond motifs is 1. The van der Waals surface area contributed by atoms with Crippen LogP contribution in [0.4, 0.5) is 5.69 Å². The molecular weight excluding hydrogens is 456 g/mol. The molecule has 0 radical (unpaired) electrons. The number of nitro benzene ring substituents is 1. The summed E-state index contributed by atoms with van der Waals surface area (Å²) in [4.78, 5) is 30.5. The third-order valence-electron chi connectivity index (χ3n) is 6.84. The van der Waals surface area contributed by atoms with Crippen molar-refractivity contribution in [3.05, 3.63) is 99.9 Å². The van der Waals surface area contributed by atoms with Crippen molar-refractivity contribution < 1.29 is 14.5 Å². The van der Waals surface area contributed by atoms with E-state index in [-0.39, 0.29) is 11.6 Å². The Kier molecular flexibility index (Phi) is 6.66. The van der Waals surface area contributed by atoms with Crippen LogP contribution >= 0.6 is 0 Å². The highest BCUT2D eigenvalue weighted by atomic mass is 16.6. The number of piperidine rings is 1. The molecule has 0 saturated carbocycles. The van der Waals surface area contributed by atoms with Crippen molar-refractivity contribution in [2.75, 3.05) is 13.1 Å². The third kappa shape index (κ3) is 4.93. The van der Waals surface area contributed by atoms with E-state index in [1.165, 1.54) is 6.07 Å². The summed E-state index contributed by atoms with van der Waals surface area (Å²) >= 11 is 0. The number of nitrogens with zero attached hydrogens (tertiary/aromatic N) is 4. The molecule has 1 saturated heterocycles. The highest BCUT2D eigenvalue weighted by molar-refractivity contribution is 5.95. The maximum atomic E-state index is 13.0. The van der Waals surface area contributed by atoms with E-state index in [4.69, 9.17) is 9.72 Å². The Labute approximate surface area is 209 Å². The summed E-state index contributed by atoms with van der Waals surface area (Å²) in [5.41, 5.74) is 2.92. The average Bonchev–Trinajstić information content (AvgIpc) is 3.25. The topological polar surface area (TPSA) is 90.5 Å². The van der Waals surface area contributed by atoms with Crippen molar-refractivity contribution in [3.8, 4) is 5.75 Å². The Morgan fingerprint density at radius 1 is 1.06 bits per heavy atom. The van der Waals surface area contributed by atoms with E-state index in [1.54, 1.807) is 24.0 Å². The number of likely N-dealkylation sites (tertiary alicyclic amines) is 1. The lowest BCUT2D eigenvalue weighted by Gasteiger charge is -2.32. The summed E-state index contributed by atoms with van der Waals surface area (Å²) < 4.78 is 8.24. The number of carbonyl (C=O) groups is 1. The zero-order valence-electron chi connectivity index (χ0n) is 20.2. The zero-order valence-corrected chi connectivity index (χ0v) is 20.2. The van der Waals surface area contributed by atoms with Crippen molar-refractivity contribution in [1.29, 1.82) is 0 Å². The molecule has 5 rings (SSSR count). The molecule has 4 aromatic rings. The van der Waals surface area contributed by atoms with E-state index in [0.29, 0.717) is 36.7 Å². The molecule has 1 fully saturated rings. The Balaban J connectivity index is 1.27. The SMILES string of the molecule is Cc1ccc(C(=O)N2CCC(Cn3c(COc4ccccc4)nc4ccccc43)CC2)cc1[N+](=O)[O-]. The van der Waals surface area contributed by atoms with Gasteiger partial charge in [-0.15, -0.1) is 0 Å². The van der Waals surface area contributed by atoms with Gasteiger partial charge < -0.3 is 14.2 Å². The zero-order chi connectivity index (χ0) is 25.1. The minimum atomic E-state index is -0.438. The molecule has 2 heterocycles. The molecule has 36 heavy (non-hydrogen) atoms. The van der Waals surface area contributed by atoms with E-state index in [1.807, 2.05) is 48.5 Å². The van der Waals surface area contributed by atoms with Gasteiger partial charge in [0.05, 0.1) is 16.0 Å². The number of aryl methyl sites for hydroxylation is 1. The van der Waals surface area contributed by atoms with Crippen molar-refractivity contribution in [1.82, 2.24) is 14.5 Å². The minimum Gasteiger partial charge on any atom is -0.486 e. The number of nitro groups is 1. The van der Waals surface area contributed by atoms with Gasteiger partial charge in [-0.1, -0.05) is 36.4 Å². The fourth-order valence-electron chi connectivity index (χ4n) is 4.80. The van der Waals surface area contributed by atoms with Gasteiger partial charge in [0, 0.05) is 36.8 Å². The van der Waals surface area contributed by atoms with E-state index >= 15 is 0 Å². The molecule has 1 amide bonds. The lowest BCUT2D eigenvalue weighted by molar-refractivity contribution is -0.385. The first-order valence-electron chi connectivity index (χ1n) is 12.2. The van der Waals surface area contributed by atoms with Gasteiger partial charge in [0.15, 0.2) is 0 Å². The number of ether oxygens (including phenoxy) is 1. The second-order valence-electron chi connectivity index (χ2n) is 9.22. The van der Waals surface area contributed by atoms with Crippen LogP contribution < -0.4 is 4.74 Å². The standard InChI is InChI=1S/C28H28N4O4/c1-20-11-12-22(17-26(20)32(34)35)28(33)30-15-13-21(14-16-30)18-31-25-10-6-5-9-24(25)29-27(31)19-36-23-7-3-2-4-8-23/h2-12,17,21H,13-16,18-19H2,1H3. The van der Waals surface area contributed by atoms with Crippen LogP contribution in [-0.2, 0) is 13.2 Å². The summed E-state index contributed by atoms with van der Waals surface area (Å²) in [5, 5.41) is 11.3. The highest BCUT2D eigenvalue weighted by Crippen LogP contribution is 2.26. The van der Waals surface area contributed by atoms with Crippen LogP contribution in [-0.4, -0.2) is 38.4 Å². The number of aromatic nitrogens is 2. The van der Waals surface area contributed by atoms with Crippen LogP contribution in [0, 0.1) is 23.0 Å². The number of imidazole rings is 1. The predicted octanol–water partition coefficient (Wildman–Crippen LogP) is 5.38. The molecular formula is C28H28N4O4. The van der Waals surface area contributed by atoms with Gasteiger partial charge >= 0.3 is 0 Å². The molecule has 3 aromatic carbocycles. The van der Waals surface area contributed by atoms with Crippen LogP contribution in [0.2, 0.25) is 0 Å². The number of benzene rings is 3. The van der Waals surface area contributed by atoms with Crippen LogP contribution in [0.5, 0.6) is 5.75 Å². The number of hydrogen-bond donors (Lipinski definition) is 0. The lowest BCUT2D eigenvalue weighted by Crippen LogP contribution is -2.39. The molecule has 8 heteroatoms. The molecule has 0 unspecified atom stereocenters. The Bertz CT molecular complexity index is 1390. The van der Waals surface area contributed by atoms with Gasteiger partial charge in [-0.3, -0.25) is 14.9 Å². The Hall–Kier alpha value is -4.20. The first-order valence-corrected chi connectivity index (χ1v) is 12.2. The molecule has 184 valence electrons. The Morgan fingerprint density at radius 3 is 2.53 bits per heavy atom. The minimum absolute atomic E-state index is 0.0204. The van der Waals surface area contributed by atoms with Crippen LogP contribution in [0.15, 0.2) is 72.8 Å². The van der Waals surface area contributed by atoms with E-state index in [0.717, 1.165) is 42.0 Å². The van der Waals surface area contributed by atoms with Gasteiger partial charge in [-0.05, 0) is 56.0 Å². The summed E-state index contributed by atoms with van der Waals surface area (Å²) in [7, 11) is 0. The average molecular weight is 485 g/mol. The molecule has 1 aliphatic heterocycles. The molecule has 0 atom stereocenters. The van der Waals surface area contributed by atoms with Crippen LogP contribution in [0.1, 0.15) is 34.6 Å². The van der Waals surface area contributed by atoms with Crippen molar-refractivity contribution in [3.63, 3.8) is 0 Å². The monoisotopic (exact) mass is 484 g/mol. The lowest BCUT2D eigenvalue weighted by atomic mass is 9.96. The second kappa shape index (κ2) is 10.2. The largest absolute Gasteiger partial charge is 0.486 e. The summed E-state index contributed by atoms with van der Waals surface area (Å²) in [6.45, 7) is 4.09. The highest BCUT2D eigenvalue weighted by Gasteiger charge is 2.26.